The summed E-state index contributed by atoms with van der Waals surface area (Å²) in [4.78, 5) is 13.3. The molecule has 0 saturated heterocycles. The first-order valence-corrected chi connectivity index (χ1v) is 10.2. The number of imidazole rings is 1. The van der Waals surface area contributed by atoms with E-state index in [9.17, 15) is 13.6 Å². The molecule has 30 heavy (non-hydrogen) atoms. The monoisotopic (exact) mass is 409 g/mol. The van der Waals surface area contributed by atoms with Crippen LogP contribution in [0.25, 0.3) is 5.65 Å². The van der Waals surface area contributed by atoms with Crippen LogP contribution in [-0.4, -0.2) is 31.3 Å². The van der Waals surface area contributed by atoms with Crippen molar-refractivity contribution in [2.75, 3.05) is 0 Å². The summed E-state index contributed by atoms with van der Waals surface area (Å²) >= 11 is 0. The van der Waals surface area contributed by atoms with Gasteiger partial charge in [-0.3, -0.25) is 4.79 Å². The first-order chi connectivity index (χ1) is 14.4. The van der Waals surface area contributed by atoms with Crippen molar-refractivity contribution in [1.29, 1.82) is 0 Å². The number of benzene rings is 1. The van der Waals surface area contributed by atoms with Crippen molar-refractivity contribution in [3.63, 3.8) is 0 Å². The molecule has 0 radical (unpaired) electrons. The van der Waals surface area contributed by atoms with Crippen LogP contribution in [0.2, 0.25) is 0 Å². The molecule has 3 heterocycles. The summed E-state index contributed by atoms with van der Waals surface area (Å²) in [6, 6.07) is 5.05. The predicted molar refractivity (Wildman–Crippen MR) is 106 cm³/mol. The van der Waals surface area contributed by atoms with Gasteiger partial charge in [0.25, 0.3) is 0 Å². The average molecular weight is 409 g/mol. The highest BCUT2D eigenvalue weighted by molar-refractivity contribution is 5.88. The van der Waals surface area contributed by atoms with Crippen molar-refractivity contribution >= 4 is 17.8 Å². The highest BCUT2D eigenvalue weighted by Gasteiger charge is 2.72. The summed E-state index contributed by atoms with van der Waals surface area (Å²) in [5.74, 6) is -1.30. The smallest absolute Gasteiger partial charge is 0.249 e. The van der Waals surface area contributed by atoms with E-state index in [0.717, 1.165) is 43.2 Å². The van der Waals surface area contributed by atoms with Gasteiger partial charge in [0.1, 0.15) is 17.3 Å². The van der Waals surface area contributed by atoms with E-state index in [1.54, 1.807) is 6.21 Å². The van der Waals surface area contributed by atoms with Crippen LogP contribution < -0.4 is 0 Å². The molecule has 2 aromatic heterocycles. The van der Waals surface area contributed by atoms with Gasteiger partial charge in [-0.2, -0.15) is 10.2 Å². The highest BCUT2D eigenvalue weighted by Crippen LogP contribution is 2.74. The molecule has 2 bridgehead atoms. The van der Waals surface area contributed by atoms with Gasteiger partial charge in [-0.25, -0.2) is 18.3 Å². The summed E-state index contributed by atoms with van der Waals surface area (Å²) in [7, 11) is 0. The third-order valence-corrected chi connectivity index (χ3v) is 6.93. The zero-order valence-corrected chi connectivity index (χ0v) is 16.6. The fraction of sp³-hybridized carbons (Fsp3) is 0.409. The molecule has 7 rings (SSSR count). The number of carbonyl (C=O) groups excluding carboxylic acids is 1. The maximum absolute atomic E-state index is 13.7. The van der Waals surface area contributed by atoms with E-state index in [2.05, 4.69) is 20.8 Å². The number of fused-ring (bicyclic) bond motifs is 1. The lowest BCUT2D eigenvalue weighted by Gasteiger charge is -2.70. The van der Waals surface area contributed by atoms with Gasteiger partial charge in [-0.05, 0) is 49.3 Å². The average Bonchev–Trinajstić information content (AvgIpc) is 3.31. The van der Waals surface area contributed by atoms with Crippen LogP contribution in [0.15, 0.2) is 41.8 Å². The molecule has 0 N–H and O–H groups in total. The molecule has 154 valence electrons. The summed E-state index contributed by atoms with van der Waals surface area (Å²) in [5, 5.41) is 10.1. The lowest BCUT2D eigenvalue weighted by atomic mass is 9.34. The topological polar surface area (TPSA) is 54.9 Å². The van der Waals surface area contributed by atoms with Crippen LogP contribution in [0.5, 0.6) is 0 Å². The number of halogens is 2. The van der Waals surface area contributed by atoms with E-state index < -0.39 is 17.7 Å². The van der Waals surface area contributed by atoms with Crippen LogP contribution in [0.4, 0.5) is 8.78 Å². The number of amides is 1. The van der Waals surface area contributed by atoms with Crippen LogP contribution in [0.3, 0.4) is 0 Å². The Morgan fingerprint density at radius 3 is 2.60 bits per heavy atom. The van der Waals surface area contributed by atoms with Gasteiger partial charge >= 0.3 is 0 Å². The molecule has 0 spiro atoms. The summed E-state index contributed by atoms with van der Waals surface area (Å²) in [6.07, 6.45) is 8.60. The zero-order chi connectivity index (χ0) is 20.7. The molecule has 3 fully saturated rings. The molecule has 3 saturated carbocycles. The Bertz CT molecular complexity index is 1190. The number of carbonyl (C=O) groups is 1. The Morgan fingerprint density at radius 2 is 1.87 bits per heavy atom. The van der Waals surface area contributed by atoms with Gasteiger partial charge in [-0.15, -0.1) is 0 Å². The van der Waals surface area contributed by atoms with Crippen molar-refractivity contribution in [2.24, 2.45) is 15.9 Å². The van der Waals surface area contributed by atoms with Crippen molar-refractivity contribution in [3.05, 3.63) is 59.6 Å². The number of hydrogen-bond acceptors (Lipinski definition) is 3. The van der Waals surface area contributed by atoms with Gasteiger partial charge in [0, 0.05) is 43.7 Å². The number of rotatable bonds is 4. The highest BCUT2D eigenvalue weighted by atomic mass is 19.1. The first-order valence-electron chi connectivity index (χ1n) is 10.2. The minimum absolute atomic E-state index is 0.0226. The normalized spacial score (nSPS) is 29.3. The van der Waals surface area contributed by atoms with Gasteiger partial charge in [0.15, 0.2) is 0 Å². The Morgan fingerprint density at radius 1 is 1.13 bits per heavy atom. The molecule has 1 unspecified atom stereocenters. The lowest BCUT2D eigenvalue weighted by molar-refractivity contribution is -0.222. The van der Waals surface area contributed by atoms with Crippen LogP contribution in [-0.2, 0) is 11.3 Å². The van der Waals surface area contributed by atoms with E-state index in [1.165, 1.54) is 17.1 Å². The van der Waals surface area contributed by atoms with Gasteiger partial charge in [-0.1, -0.05) is 0 Å². The molecule has 3 aliphatic carbocycles. The van der Waals surface area contributed by atoms with E-state index in [1.807, 2.05) is 23.8 Å². The quantitative estimate of drug-likeness (QED) is 0.657. The molecule has 4 aliphatic rings. The summed E-state index contributed by atoms with van der Waals surface area (Å²) < 4.78 is 31.4. The van der Waals surface area contributed by atoms with Crippen molar-refractivity contribution < 1.29 is 13.6 Å². The standard InChI is InChI=1S/C22H21F2N5O/c1-14-6-19-27(4-5-28(19)26-14)13-21-10-22(11-21,12-21)20(30)29-18(2-3-25-29)15-7-16(23)9-17(24)8-15/h3-9,18H,2,10-13H2,1H3. The van der Waals surface area contributed by atoms with Crippen molar-refractivity contribution in [3.8, 4) is 0 Å². The first kappa shape index (κ1) is 17.8. The molecule has 1 amide bonds. The van der Waals surface area contributed by atoms with Crippen LogP contribution in [0, 0.1) is 29.4 Å². The largest absolute Gasteiger partial charge is 0.331 e. The molecule has 3 aromatic rings. The molecule has 8 heteroatoms. The Kier molecular flexibility index (Phi) is 3.42. The van der Waals surface area contributed by atoms with Crippen molar-refractivity contribution in [2.45, 2.75) is 45.2 Å². The van der Waals surface area contributed by atoms with Crippen LogP contribution in [0.1, 0.15) is 43.0 Å². The van der Waals surface area contributed by atoms with E-state index in [-0.39, 0.29) is 16.7 Å². The minimum atomic E-state index is -0.637. The molecule has 1 atom stereocenters. The zero-order valence-electron chi connectivity index (χ0n) is 16.6. The van der Waals surface area contributed by atoms with Gasteiger partial charge < -0.3 is 4.57 Å². The third kappa shape index (κ3) is 2.42. The fourth-order valence-electron chi connectivity index (χ4n) is 5.83. The van der Waals surface area contributed by atoms with Gasteiger partial charge in [0.2, 0.25) is 5.91 Å². The number of nitrogens with zero attached hydrogens (tertiary/aromatic N) is 5. The number of hydrazone groups is 1. The minimum Gasteiger partial charge on any atom is -0.331 e. The SMILES string of the molecule is Cc1cc2n(CC34CC(C(=O)N5N=CCC5c5cc(F)cc(F)c5)(C3)C4)ccn2n1. The number of aryl methyl sites for hydroxylation is 1. The molecule has 6 nitrogen and oxygen atoms in total. The van der Waals surface area contributed by atoms with Crippen molar-refractivity contribution in [1.82, 2.24) is 19.2 Å². The molecular weight excluding hydrogens is 388 g/mol. The Labute approximate surface area is 171 Å². The van der Waals surface area contributed by atoms with E-state index >= 15 is 0 Å². The summed E-state index contributed by atoms with van der Waals surface area (Å²) in [6.45, 7) is 2.84. The van der Waals surface area contributed by atoms with E-state index in [0.29, 0.717) is 12.0 Å². The fourth-order valence-corrected chi connectivity index (χ4v) is 5.83. The Balaban J connectivity index is 1.18. The maximum atomic E-state index is 13.7. The maximum Gasteiger partial charge on any atom is 0.249 e. The second-order valence-corrected chi connectivity index (χ2v) is 9.23. The molecule has 1 aromatic carbocycles. The van der Waals surface area contributed by atoms with E-state index in [4.69, 9.17) is 0 Å². The molecule has 1 aliphatic heterocycles. The number of aromatic nitrogens is 3. The summed E-state index contributed by atoms with van der Waals surface area (Å²) in [5.41, 5.74) is 2.25. The third-order valence-electron chi connectivity index (χ3n) is 6.93. The lowest BCUT2D eigenvalue weighted by Crippen LogP contribution is -2.68. The predicted octanol–water partition coefficient (Wildman–Crippen LogP) is 3.85. The Hall–Kier alpha value is -3.03. The van der Waals surface area contributed by atoms with Gasteiger partial charge in [0.05, 0.1) is 17.2 Å². The molecular formula is C22H21F2N5O. The second-order valence-electron chi connectivity index (χ2n) is 9.23. The second kappa shape index (κ2) is 5.77. The number of hydrogen-bond donors (Lipinski definition) is 0. The van der Waals surface area contributed by atoms with Crippen LogP contribution >= 0.6 is 0 Å².